The van der Waals surface area contributed by atoms with Gasteiger partial charge in [0.05, 0.1) is 30.9 Å². The molecule has 0 bridgehead atoms. The Morgan fingerprint density at radius 2 is 1.80 bits per heavy atom. The molecule has 1 saturated heterocycles. The number of nitrogens with one attached hydrogen (secondary N) is 1. The Labute approximate surface area is 293 Å². The van der Waals surface area contributed by atoms with Crippen molar-refractivity contribution in [1.82, 2.24) is 25.1 Å². The number of piperazine rings is 1. The second-order valence-corrected chi connectivity index (χ2v) is 14.6. The zero-order valence-corrected chi connectivity index (χ0v) is 28.9. The first-order chi connectivity index (χ1) is 24.2. The molecule has 7 rings (SSSR count). The summed E-state index contributed by atoms with van der Waals surface area (Å²) in [6, 6.07) is 20.6. The maximum absolute atomic E-state index is 14.3. The summed E-state index contributed by atoms with van der Waals surface area (Å²) < 4.78 is 20.7. The van der Waals surface area contributed by atoms with E-state index in [4.69, 9.17) is 10.5 Å². The van der Waals surface area contributed by atoms with Crippen LogP contribution in [-0.2, 0) is 16.8 Å². The average Bonchev–Trinajstić information content (AvgIpc) is 3.68. The van der Waals surface area contributed by atoms with Crippen LogP contribution in [0.1, 0.15) is 72.6 Å². The lowest BCUT2D eigenvalue weighted by Gasteiger charge is -2.38. The van der Waals surface area contributed by atoms with Crippen molar-refractivity contribution in [2.24, 2.45) is 0 Å². The quantitative estimate of drug-likeness (QED) is 0.182. The number of β-amino-alcohol motifs (C(OH)–C–C–N with tert-alkyl or cyclic N) is 1. The Balaban J connectivity index is 0.972. The van der Waals surface area contributed by atoms with Gasteiger partial charge in [0.1, 0.15) is 5.82 Å². The smallest absolute Gasteiger partial charge is 0.255 e. The third-order valence-electron chi connectivity index (χ3n) is 10.9. The van der Waals surface area contributed by atoms with Crippen LogP contribution in [0.5, 0.6) is 0 Å². The van der Waals surface area contributed by atoms with Gasteiger partial charge in [0.15, 0.2) is 0 Å². The summed E-state index contributed by atoms with van der Waals surface area (Å²) in [6.07, 6.45) is 6.41. The fourth-order valence-corrected chi connectivity index (χ4v) is 8.02. The molecule has 50 heavy (non-hydrogen) atoms. The van der Waals surface area contributed by atoms with E-state index in [2.05, 4.69) is 81.4 Å². The molecule has 2 aliphatic carbocycles. The number of carbonyl (C=O) groups is 1. The predicted molar refractivity (Wildman–Crippen MR) is 193 cm³/mol. The molecule has 0 unspecified atom stereocenters. The van der Waals surface area contributed by atoms with Gasteiger partial charge in [-0.05, 0) is 77.1 Å². The first-order valence-electron chi connectivity index (χ1n) is 17.8. The number of benzene rings is 2. The fourth-order valence-electron chi connectivity index (χ4n) is 8.02. The number of amides is 1. The van der Waals surface area contributed by atoms with E-state index in [1.165, 1.54) is 34.6 Å². The van der Waals surface area contributed by atoms with Crippen LogP contribution in [0.15, 0.2) is 73.1 Å². The summed E-state index contributed by atoms with van der Waals surface area (Å²) in [5.74, 6) is -0.893. The highest BCUT2D eigenvalue weighted by molar-refractivity contribution is 5.99. The summed E-state index contributed by atoms with van der Waals surface area (Å²) in [5, 5.41) is 12.4. The molecule has 10 heteroatoms. The Morgan fingerprint density at radius 3 is 2.56 bits per heavy atom. The van der Waals surface area contributed by atoms with Gasteiger partial charge in [0.25, 0.3) is 5.91 Å². The molecular formula is C40H47FN6O3. The van der Waals surface area contributed by atoms with Crippen molar-refractivity contribution in [3.8, 4) is 22.3 Å². The molecule has 4 aromatic rings. The van der Waals surface area contributed by atoms with Crippen LogP contribution in [0.25, 0.3) is 22.3 Å². The summed E-state index contributed by atoms with van der Waals surface area (Å²) in [5.41, 5.74) is 13.4. The van der Waals surface area contributed by atoms with Gasteiger partial charge in [0, 0.05) is 62.3 Å². The second kappa shape index (κ2) is 14.6. The molecule has 1 amide bonds. The minimum Gasteiger partial charge on any atom is -0.395 e. The van der Waals surface area contributed by atoms with Crippen LogP contribution >= 0.6 is 0 Å². The van der Waals surface area contributed by atoms with Crippen LogP contribution in [0.3, 0.4) is 0 Å². The molecule has 1 aliphatic heterocycles. The average molecular weight is 679 g/mol. The summed E-state index contributed by atoms with van der Waals surface area (Å²) in [7, 11) is 0. The number of nitrogen functional groups attached to an aromatic ring is 1. The number of halogens is 1. The second-order valence-electron chi connectivity index (χ2n) is 14.6. The molecular weight excluding hydrogens is 631 g/mol. The summed E-state index contributed by atoms with van der Waals surface area (Å²) >= 11 is 0. The molecule has 2 aromatic heterocycles. The van der Waals surface area contributed by atoms with Crippen molar-refractivity contribution in [2.45, 2.75) is 69.7 Å². The van der Waals surface area contributed by atoms with Crippen molar-refractivity contribution in [1.29, 1.82) is 0 Å². The monoisotopic (exact) mass is 678 g/mol. The Bertz CT molecular complexity index is 1820. The number of ether oxygens (including phenoxy) is 1. The molecule has 2 aromatic carbocycles. The van der Waals surface area contributed by atoms with Crippen molar-refractivity contribution >= 4 is 11.7 Å². The zero-order valence-electron chi connectivity index (χ0n) is 28.9. The van der Waals surface area contributed by atoms with Crippen LogP contribution in [0.4, 0.5) is 10.2 Å². The lowest BCUT2D eigenvalue weighted by atomic mass is 9.85. The molecule has 0 radical (unpaired) electrons. The van der Waals surface area contributed by atoms with E-state index in [-0.39, 0.29) is 47.0 Å². The van der Waals surface area contributed by atoms with Crippen LogP contribution in [0, 0.1) is 5.95 Å². The van der Waals surface area contributed by atoms with E-state index in [1.807, 2.05) is 0 Å². The van der Waals surface area contributed by atoms with Gasteiger partial charge in [-0.15, -0.1) is 0 Å². The molecule has 0 spiro atoms. The third-order valence-corrected chi connectivity index (χ3v) is 10.9. The molecule has 1 saturated carbocycles. The number of carbonyl (C=O) groups excluding carboxylic acids is 1. The van der Waals surface area contributed by atoms with Gasteiger partial charge >= 0.3 is 0 Å². The zero-order chi connectivity index (χ0) is 34.8. The molecule has 4 N–H and O–H groups in total. The maximum atomic E-state index is 14.3. The first-order valence-corrected chi connectivity index (χ1v) is 17.8. The molecule has 3 heterocycles. The SMILES string of the molecule is CC1(C)C[C@H](N2CCN(CCO)CC2)c2ccc(-c3ccc(CO[C@H]4CCC[C@@H]4NC(=O)c4cc(-c5cccnc5F)cnc4N)cc3)cc21. The van der Waals surface area contributed by atoms with Gasteiger partial charge in [-0.25, -0.2) is 9.97 Å². The number of rotatable bonds is 10. The Hall–Kier alpha value is -4.22. The van der Waals surface area contributed by atoms with Crippen molar-refractivity contribution < 1.29 is 19.0 Å². The number of fused-ring (bicyclic) bond motifs is 1. The van der Waals surface area contributed by atoms with E-state index in [1.54, 1.807) is 18.2 Å². The molecule has 9 nitrogen and oxygen atoms in total. The van der Waals surface area contributed by atoms with Gasteiger partial charge < -0.3 is 20.9 Å². The number of anilines is 1. The maximum Gasteiger partial charge on any atom is 0.255 e. The largest absolute Gasteiger partial charge is 0.395 e. The standard InChI is InChI=1S/C40H47FN6O3/c1-40(2)23-35(47-17-15-46(16-18-47)19-20-48)31-13-12-28(22-33(31)40)27-10-8-26(9-11-27)25-50-36-7-3-6-34(36)45-39(49)32-21-29(24-44-38(32)42)30-5-4-14-43-37(30)41/h4-5,8-14,21-22,24,34-36,48H,3,6-7,15-20,23,25H2,1-2H3,(H2,42,44)(H,45,49)/t34-,35-,36-/m0/s1. The van der Waals surface area contributed by atoms with Crippen LogP contribution in [-0.4, -0.2) is 82.3 Å². The number of aromatic nitrogens is 2. The first kappa shape index (κ1) is 34.2. The highest BCUT2D eigenvalue weighted by Crippen LogP contribution is 2.48. The van der Waals surface area contributed by atoms with Crippen molar-refractivity contribution in [2.75, 3.05) is 45.1 Å². The van der Waals surface area contributed by atoms with Crippen LogP contribution in [0.2, 0.25) is 0 Å². The van der Waals surface area contributed by atoms with Gasteiger partial charge in [-0.3, -0.25) is 14.6 Å². The van der Waals surface area contributed by atoms with E-state index < -0.39 is 5.95 Å². The minimum absolute atomic E-state index is 0.0891. The fraction of sp³-hybridized carbons (Fsp3) is 0.425. The number of hydrogen-bond donors (Lipinski definition) is 3. The van der Waals surface area contributed by atoms with Gasteiger partial charge in [0.2, 0.25) is 5.95 Å². The van der Waals surface area contributed by atoms with Gasteiger partial charge in [-0.1, -0.05) is 56.3 Å². The van der Waals surface area contributed by atoms with E-state index in [0.717, 1.165) is 64.0 Å². The number of hydrogen-bond acceptors (Lipinski definition) is 8. The Kier molecular flexibility index (Phi) is 9.97. The number of nitrogens with zero attached hydrogens (tertiary/aromatic N) is 4. The Morgan fingerprint density at radius 1 is 1.02 bits per heavy atom. The van der Waals surface area contributed by atoms with Crippen LogP contribution < -0.4 is 11.1 Å². The van der Waals surface area contributed by atoms with E-state index >= 15 is 0 Å². The third kappa shape index (κ3) is 7.16. The molecule has 3 aliphatic rings. The topological polar surface area (TPSA) is 117 Å². The van der Waals surface area contributed by atoms with Crippen molar-refractivity contribution in [3.05, 3.63) is 101 Å². The highest BCUT2D eigenvalue weighted by atomic mass is 19.1. The predicted octanol–water partition coefficient (Wildman–Crippen LogP) is 5.73. The summed E-state index contributed by atoms with van der Waals surface area (Å²) in [4.78, 5) is 26.2. The molecule has 2 fully saturated rings. The lowest BCUT2D eigenvalue weighted by molar-refractivity contribution is 0.0272. The minimum atomic E-state index is -0.631. The normalized spacial score (nSPS) is 22.0. The van der Waals surface area contributed by atoms with Crippen molar-refractivity contribution in [3.63, 3.8) is 0 Å². The van der Waals surface area contributed by atoms with E-state index in [0.29, 0.717) is 18.2 Å². The number of aliphatic hydroxyl groups is 1. The number of nitrogens with two attached hydrogens (primary N) is 1. The number of pyridine rings is 2. The summed E-state index contributed by atoms with van der Waals surface area (Å²) in [6.45, 7) is 10.2. The number of aliphatic hydroxyl groups excluding tert-OH is 1. The lowest BCUT2D eigenvalue weighted by Crippen LogP contribution is -2.48. The van der Waals surface area contributed by atoms with Gasteiger partial charge in [-0.2, -0.15) is 4.39 Å². The highest BCUT2D eigenvalue weighted by Gasteiger charge is 2.40. The van der Waals surface area contributed by atoms with E-state index in [9.17, 15) is 14.3 Å². The molecule has 262 valence electrons. The molecule has 3 atom stereocenters.